The maximum atomic E-state index is 11.9. The van der Waals surface area contributed by atoms with Crippen LogP contribution in [0.1, 0.15) is 30.5 Å². The van der Waals surface area contributed by atoms with E-state index >= 15 is 0 Å². The summed E-state index contributed by atoms with van der Waals surface area (Å²) in [6.45, 7) is 0. The SMILES string of the molecule is O=C(NC1CCc2[nH]c3ccccc3c2C1)C1CC1. The Morgan fingerprint density at radius 2 is 2.05 bits per heavy atom. The van der Waals surface area contributed by atoms with Crippen molar-refractivity contribution >= 4 is 16.8 Å². The molecule has 2 aromatic rings. The maximum absolute atomic E-state index is 11.9. The Hall–Kier alpha value is -1.77. The lowest BCUT2D eigenvalue weighted by atomic mass is 9.91. The van der Waals surface area contributed by atoms with Gasteiger partial charge in [0.1, 0.15) is 0 Å². The number of nitrogens with one attached hydrogen (secondary N) is 2. The molecule has 98 valence electrons. The van der Waals surface area contributed by atoms with Crippen LogP contribution in [0, 0.1) is 5.92 Å². The summed E-state index contributed by atoms with van der Waals surface area (Å²) in [6.07, 6.45) is 5.23. The molecule has 2 aliphatic carbocycles. The molecular formula is C16H18N2O. The second-order valence-corrected chi connectivity index (χ2v) is 5.85. The molecule has 2 aliphatic rings. The molecule has 3 heteroatoms. The van der Waals surface area contributed by atoms with Crippen LogP contribution < -0.4 is 5.32 Å². The summed E-state index contributed by atoms with van der Waals surface area (Å²) in [5.41, 5.74) is 3.99. The van der Waals surface area contributed by atoms with Crippen molar-refractivity contribution in [3.05, 3.63) is 35.5 Å². The zero-order chi connectivity index (χ0) is 12.8. The topological polar surface area (TPSA) is 44.9 Å². The van der Waals surface area contributed by atoms with Crippen molar-refractivity contribution in [3.8, 4) is 0 Å². The number of amides is 1. The smallest absolute Gasteiger partial charge is 0.223 e. The van der Waals surface area contributed by atoms with Crippen LogP contribution in [0.4, 0.5) is 0 Å². The average Bonchev–Trinajstić information content (AvgIpc) is 3.21. The van der Waals surface area contributed by atoms with Crippen LogP contribution in [0.5, 0.6) is 0 Å². The molecular weight excluding hydrogens is 236 g/mol. The van der Waals surface area contributed by atoms with Crippen molar-refractivity contribution in [2.45, 2.75) is 38.1 Å². The summed E-state index contributed by atoms with van der Waals surface area (Å²) in [6, 6.07) is 8.78. The fourth-order valence-electron chi connectivity index (χ4n) is 3.16. The Balaban J connectivity index is 1.59. The van der Waals surface area contributed by atoms with E-state index in [2.05, 4.69) is 34.6 Å². The summed E-state index contributed by atoms with van der Waals surface area (Å²) in [7, 11) is 0. The first-order chi connectivity index (χ1) is 9.31. The summed E-state index contributed by atoms with van der Waals surface area (Å²) < 4.78 is 0. The fourth-order valence-corrected chi connectivity index (χ4v) is 3.16. The van der Waals surface area contributed by atoms with E-state index in [-0.39, 0.29) is 5.91 Å². The van der Waals surface area contributed by atoms with Gasteiger partial charge in [-0.15, -0.1) is 0 Å². The highest BCUT2D eigenvalue weighted by atomic mass is 16.2. The number of fused-ring (bicyclic) bond motifs is 3. The van der Waals surface area contributed by atoms with E-state index in [0.29, 0.717) is 12.0 Å². The predicted molar refractivity (Wildman–Crippen MR) is 75.0 cm³/mol. The van der Waals surface area contributed by atoms with Gasteiger partial charge in [-0.1, -0.05) is 18.2 Å². The van der Waals surface area contributed by atoms with E-state index in [9.17, 15) is 4.79 Å². The quantitative estimate of drug-likeness (QED) is 0.850. The number of para-hydroxylation sites is 1. The molecule has 1 saturated carbocycles. The van der Waals surface area contributed by atoms with Gasteiger partial charge in [0.2, 0.25) is 5.91 Å². The zero-order valence-electron chi connectivity index (χ0n) is 10.9. The molecule has 1 unspecified atom stereocenters. The molecule has 4 rings (SSSR count). The first kappa shape index (κ1) is 11.1. The first-order valence-electron chi connectivity index (χ1n) is 7.20. The van der Waals surface area contributed by atoms with Crippen molar-refractivity contribution in [2.75, 3.05) is 0 Å². The van der Waals surface area contributed by atoms with Gasteiger partial charge in [-0.25, -0.2) is 0 Å². The van der Waals surface area contributed by atoms with Gasteiger partial charge < -0.3 is 10.3 Å². The van der Waals surface area contributed by atoms with E-state index in [1.165, 1.54) is 22.2 Å². The highest BCUT2D eigenvalue weighted by Crippen LogP contribution is 2.31. The summed E-state index contributed by atoms with van der Waals surface area (Å²) in [5.74, 6) is 0.581. The number of hydrogen-bond acceptors (Lipinski definition) is 1. The molecule has 19 heavy (non-hydrogen) atoms. The van der Waals surface area contributed by atoms with Gasteiger partial charge in [-0.2, -0.15) is 0 Å². The molecule has 0 saturated heterocycles. The first-order valence-corrected chi connectivity index (χ1v) is 7.20. The average molecular weight is 254 g/mol. The third kappa shape index (κ3) is 1.93. The largest absolute Gasteiger partial charge is 0.358 e. The predicted octanol–water partition coefficient (Wildman–Crippen LogP) is 2.55. The molecule has 0 radical (unpaired) electrons. The lowest BCUT2D eigenvalue weighted by Crippen LogP contribution is -2.39. The molecule has 1 fully saturated rings. The molecule has 1 aromatic carbocycles. The number of rotatable bonds is 2. The third-order valence-electron chi connectivity index (χ3n) is 4.39. The lowest BCUT2D eigenvalue weighted by molar-refractivity contribution is -0.123. The number of aromatic nitrogens is 1. The van der Waals surface area contributed by atoms with E-state index in [4.69, 9.17) is 0 Å². The van der Waals surface area contributed by atoms with Crippen LogP contribution in [0.3, 0.4) is 0 Å². The Kier molecular flexibility index (Phi) is 2.40. The van der Waals surface area contributed by atoms with Crippen molar-refractivity contribution in [3.63, 3.8) is 0 Å². The number of carbonyl (C=O) groups is 1. The Morgan fingerprint density at radius 1 is 1.21 bits per heavy atom. The van der Waals surface area contributed by atoms with E-state index < -0.39 is 0 Å². The van der Waals surface area contributed by atoms with Crippen LogP contribution >= 0.6 is 0 Å². The van der Waals surface area contributed by atoms with Crippen molar-refractivity contribution < 1.29 is 4.79 Å². The Labute approximate surface area is 112 Å². The summed E-state index contributed by atoms with van der Waals surface area (Å²) in [5, 5.41) is 4.55. The molecule has 2 N–H and O–H groups in total. The van der Waals surface area contributed by atoms with Gasteiger partial charge in [0.25, 0.3) is 0 Å². The molecule has 1 aromatic heterocycles. The standard InChI is InChI=1S/C16H18N2O/c19-16(10-5-6-10)17-11-7-8-15-13(9-11)12-3-1-2-4-14(12)18-15/h1-4,10-11,18H,5-9H2,(H,17,19). The van der Waals surface area contributed by atoms with E-state index in [1.54, 1.807) is 0 Å². The highest BCUT2D eigenvalue weighted by Gasteiger charge is 2.32. The lowest BCUT2D eigenvalue weighted by Gasteiger charge is -2.23. The van der Waals surface area contributed by atoms with Crippen molar-refractivity contribution in [2.24, 2.45) is 5.92 Å². The summed E-state index contributed by atoms with van der Waals surface area (Å²) in [4.78, 5) is 15.4. The van der Waals surface area contributed by atoms with Crippen LogP contribution in [-0.2, 0) is 17.6 Å². The van der Waals surface area contributed by atoms with Crippen LogP contribution in [0.25, 0.3) is 10.9 Å². The molecule has 1 heterocycles. The summed E-state index contributed by atoms with van der Waals surface area (Å²) >= 11 is 0. The normalized spacial score (nSPS) is 22.2. The third-order valence-corrected chi connectivity index (χ3v) is 4.39. The van der Waals surface area contributed by atoms with Gasteiger partial charge in [0, 0.05) is 28.6 Å². The van der Waals surface area contributed by atoms with Gasteiger partial charge >= 0.3 is 0 Å². The molecule has 3 nitrogen and oxygen atoms in total. The van der Waals surface area contributed by atoms with Crippen LogP contribution in [0.15, 0.2) is 24.3 Å². The van der Waals surface area contributed by atoms with Gasteiger partial charge in [-0.05, 0) is 43.7 Å². The van der Waals surface area contributed by atoms with E-state index in [0.717, 1.165) is 32.1 Å². The molecule has 0 aliphatic heterocycles. The van der Waals surface area contributed by atoms with Gasteiger partial charge in [-0.3, -0.25) is 4.79 Å². The zero-order valence-corrected chi connectivity index (χ0v) is 10.9. The number of hydrogen-bond donors (Lipinski definition) is 2. The van der Waals surface area contributed by atoms with E-state index in [1.807, 2.05) is 0 Å². The van der Waals surface area contributed by atoms with Crippen molar-refractivity contribution in [1.82, 2.24) is 10.3 Å². The number of benzene rings is 1. The molecule has 1 atom stereocenters. The van der Waals surface area contributed by atoms with Crippen LogP contribution in [-0.4, -0.2) is 16.9 Å². The Bertz CT molecular complexity index is 639. The van der Waals surface area contributed by atoms with Crippen molar-refractivity contribution in [1.29, 1.82) is 0 Å². The minimum atomic E-state index is 0.272. The maximum Gasteiger partial charge on any atom is 0.223 e. The van der Waals surface area contributed by atoms with Gasteiger partial charge in [0.15, 0.2) is 0 Å². The number of aromatic amines is 1. The fraction of sp³-hybridized carbons (Fsp3) is 0.438. The van der Waals surface area contributed by atoms with Gasteiger partial charge in [0.05, 0.1) is 0 Å². The van der Waals surface area contributed by atoms with Crippen LogP contribution in [0.2, 0.25) is 0 Å². The minimum absolute atomic E-state index is 0.272. The minimum Gasteiger partial charge on any atom is -0.358 e. The highest BCUT2D eigenvalue weighted by molar-refractivity contribution is 5.85. The molecule has 1 amide bonds. The number of H-pyrrole nitrogens is 1. The number of aryl methyl sites for hydroxylation is 1. The molecule has 0 bridgehead atoms. The Morgan fingerprint density at radius 3 is 2.89 bits per heavy atom. The molecule has 0 spiro atoms. The number of carbonyl (C=O) groups excluding carboxylic acids is 1. The second-order valence-electron chi connectivity index (χ2n) is 5.85. The monoisotopic (exact) mass is 254 g/mol. The second kappa shape index (κ2) is 4.12.